The average Bonchev–Trinajstić information content (AvgIpc) is 2.88. The first kappa shape index (κ1) is 12.5. The molecule has 2 rings (SSSR count). The number of aliphatic hydroxyl groups is 1. The van der Waals surface area contributed by atoms with Crippen molar-refractivity contribution in [1.29, 1.82) is 0 Å². The molecule has 0 aliphatic carbocycles. The Bertz CT molecular complexity index is 412. The first-order valence-corrected chi connectivity index (χ1v) is 6.58. The molecule has 5 nitrogen and oxygen atoms in total. The van der Waals surface area contributed by atoms with Gasteiger partial charge in [-0.1, -0.05) is 0 Å². The van der Waals surface area contributed by atoms with Gasteiger partial charge in [-0.15, -0.1) is 11.3 Å². The molecule has 0 aromatic carbocycles. The third-order valence-corrected chi connectivity index (χ3v) is 3.10. The van der Waals surface area contributed by atoms with Gasteiger partial charge in [-0.25, -0.2) is 4.98 Å². The Hall–Kier alpha value is -0.950. The maximum atomic E-state index is 8.52. The van der Waals surface area contributed by atoms with Crippen molar-refractivity contribution in [3.05, 3.63) is 23.5 Å². The molecule has 94 valence electrons. The number of rotatable bonds is 8. The van der Waals surface area contributed by atoms with Gasteiger partial charge in [0.2, 0.25) is 0 Å². The second-order valence-electron chi connectivity index (χ2n) is 3.69. The van der Waals surface area contributed by atoms with E-state index in [9.17, 15) is 0 Å². The summed E-state index contributed by atoms with van der Waals surface area (Å²) in [6, 6.07) is 0. The van der Waals surface area contributed by atoms with Gasteiger partial charge in [0, 0.05) is 30.9 Å². The summed E-state index contributed by atoms with van der Waals surface area (Å²) >= 11 is 1.64. The van der Waals surface area contributed by atoms with E-state index in [4.69, 9.17) is 9.84 Å². The van der Waals surface area contributed by atoms with Crippen molar-refractivity contribution < 1.29 is 9.84 Å². The van der Waals surface area contributed by atoms with E-state index in [2.05, 4.69) is 10.3 Å². The maximum absolute atomic E-state index is 8.52. The van der Waals surface area contributed by atoms with E-state index in [1.165, 1.54) is 0 Å². The lowest BCUT2D eigenvalue weighted by Gasteiger charge is -2.03. The summed E-state index contributed by atoms with van der Waals surface area (Å²) in [5, 5.41) is 13.9. The van der Waals surface area contributed by atoms with Crippen LogP contribution in [0.15, 0.2) is 17.8 Å². The summed E-state index contributed by atoms with van der Waals surface area (Å²) in [5.74, 6) is 0. The standard InChI is InChI=1S/C11H17N3O2S/c15-4-6-16-5-1-2-12-8-10-9-14-3-7-17-11(14)13-10/h3,7,9,12,15H,1-2,4-6,8H2. The van der Waals surface area contributed by atoms with Gasteiger partial charge in [0.1, 0.15) is 0 Å². The summed E-state index contributed by atoms with van der Waals surface area (Å²) in [5.41, 5.74) is 1.06. The van der Waals surface area contributed by atoms with E-state index in [0.717, 1.165) is 30.2 Å². The minimum atomic E-state index is 0.0961. The molecule has 6 heteroatoms. The molecule has 2 aromatic rings. The number of thiazole rings is 1. The highest BCUT2D eigenvalue weighted by atomic mass is 32.1. The van der Waals surface area contributed by atoms with Crippen LogP contribution in [0.25, 0.3) is 4.96 Å². The molecule has 0 amide bonds. The molecule has 0 bridgehead atoms. The van der Waals surface area contributed by atoms with Crippen LogP contribution in [-0.4, -0.2) is 40.9 Å². The molecule has 17 heavy (non-hydrogen) atoms. The minimum absolute atomic E-state index is 0.0961. The molecule has 0 radical (unpaired) electrons. The predicted octanol–water partition coefficient (Wildman–Crippen LogP) is 0.884. The lowest BCUT2D eigenvalue weighted by atomic mass is 10.4. The summed E-state index contributed by atoms with van der Waals surface area (Å²) < 4.78 is 7.20. The second kappa shape index (κ2) is 6.70. The van der Waals surface area contributed by atoms with Crippen LogP contribution in [-0.2, 0) is 11.3 Å². The Balaban J connectivity index is 1.60. The molecule has 2 heterocycles. The normalized spacial score (nSPS) is 11.4. The lowest BCUT2D eigenvalue weighted by molar-refractivity contribution is 0.0907. The van der Waals surface area contributed by atoms with Crippen LogP contribution in [0.1, 0.15) is 12.1 Å². The van der Waals surface area contributed by atoms with Crippen LogP contribution in [0.2, 0.25) is 0 Å². The fraction of sp³-hybridized carbons (Fsp3) is 0.545. The van der Waals surface area contributed by atoms with Gasteiger partial charge in [-0.05, 0) is 13.0 Å². The number of fused-ring (bicyclic) bond motifs is 1. The molecule has 0 saturated carbocycles. The third kappa shape index (κ3) is 3.78. The van der Waals surface area contributed by atoms with Crippen LogP contribution in [0.3, 0.4) is 0 Å². The largest absolute Gasteiger partial charge is 0.394 e. The number of ether oxygens (including phenoxy) is 1. The van der Waals surface area contributed by atoms with Crippen molar-refractivity contribution in [1.82, 2.24) is 14.7 Å². The summed E-state index contributed by atoms with van der Waals surface area (Å²) in [4.78, 5) is 5.51. The van der Waals surface area contributed by atoms with Gasteiger partial charge < -0.3 is 15.2 Å². The number of imidazole rings is 1. The number of hydrogen-bond acceptors (Lipinski definition) is 5. The fourth-order valence-corrected chi connectivity index (χ4v) is 2.26. The van der Waals surface area contributed by atoms with Gasteiger partial charge >= 0.3 is 0 Å². The summed E-state index contributed by atoms with van der Waals surface area (Å²) in [7, 11) is 0. The molecule has 0 atom stereocenters. The van der Waals surface area contributed by atoms with Crippen LogP contribution in [0, 0.1) is 0 Å². The molecule has 0 spiro atoms. The highest BCUT2D eigenvalue weighted by molar-refractivity contribution is 7.15. The average molecular weight is 255 g/mol. The monoisotopic (exact) mass is 255 g/mol. The molecule has 0 saturated heterocycles. The molecule has 0 unspecified atom stereocenters. The van der Waals surface area contributed by atoms with Crippen LogP contribution < -0.4 is 5.32 Å². The van der Waals surface area contributed by atoms with E-state index in [1.807, 2.05) is 22.2 Å². The van der Waals surface area contributed by atoms with Crippen LogP contribution in [0.4, 0.5) is 0 Å². The second-order valence-corrected chi connectivity index (χ2v) is 4.56. The van der Waals surface area contributed by atoms with Crippen molar-refractivity contribution in [3.63, 3.8) is 0 Å². The zero-order valence-corrected chi connectivity index (χ0v) is 10.4. The van der Waals surface area contributed by atoms with E-state index in [0.29, 0.717) is 13.2 Å². The molecule has 2 aromatic heterocycles. The first-order valence-electron chi connectivity index (χ1n) is 5.70. The van der Waals surface area contributed by atoms with E-state index in [1.54, 1.807) is 11.3 Å². The Kier molecular flexibility index (Phi) is 4.93. The number of hydrogen-bond donors (Lipinski definition) is 2. The van der Waals surface area contributed by atoms with Gasteiger partial charge in [-0.3, -0.25) is 4.40 Å². The van der Waals surface area contributed by atoms with Crippen molar-refractivity contribution in [2.75, 3.05) is 26.4 Å². The molecule has 0 aliphatic heterocycles. The molecule has 0 aliphatic rings. The smallest absolute Gasteiger partial charge is 0.193 e. The van der Waals surface area contributed by atoms with Crippen LogP contribution >= 0.6 is 11.3 Å². The molecular formula is C11H17N3O2S. The molecule has 0 fully saturated rings. The zero-order valence-electron chi connectivity index (χ0n) is 9.63. The number of aromatic nitrogens is 2. The highest BCUT2D eigenvalue weighted by Crippen LogP contribution is 2.10. The Morgan fingerprint density at radius 3 is 3.24 bits per heavy atom. The number of nitrogens with zero attached hydrogens (tertiary/aromatic N) is 2. The van der Waals surface area contributed by atoms with E-state index in [-0.39, 0.29) is 6.61 Å². The Labute approximate surface area is 104 Å². The first-order chi connectivity index (χ1) is 8.40. The summed E-state index contributed by atoms with van der Waals surface area (Å²) in [6.45, 7) is 2.90. The predicted molar refractivity (Wildman–Crippen MR) is 67.3 cm³/mol. The summed E-state index contributed by atoms with van der Waals surface area (Å²) in [6.07, 6.45) is 5.00. The van der Waals surface area contributed by atoms with Gasteiger partial charge in [0.25, 0.3) is 0 Å². The van der Waals surface area contributed by atoms with Gasteiger partial charge in [0.05, 0.1) is 18.9 Å². The third-order valence-electron chi connectivity index (χ3n) is 2.33. The van der Waals surface area contributed by atoms with Crippen molar-refractivity contribution in [2.45, 2.75) is 13.0 Å². The fourth-order valence-electron chi connectivity index (χ4n) is 1.54. The van der Waals surface area contributed by atoms with Crippen molar-refractivity contribution in [2.24, 2.45) is 0 Å². The van der Waals surface area contributed by atoms with Gasteiger partial charge in [0.15, 0.2) is 4.96 Å². The van der Waals surface area contributed by atoms with E-state index < -0.39 is 0 Å². The minimum Gasteiger partial charge on any atom is -0.394 e. The lowest BCUT2D eigenvalue weighted by Crippen LogP contribution is -2.17. The van der Waals surface area contributed by atoms with Crippen molar-refractivity contribution >= 4 is 16.3 Å². The maximum Gasteiger partial charge on any atom is 0.193 e. The van der Waals surface area contributed by atoms with Crippen molar-refractivity contribution in [3.8, 4) is 0 Å². The zero-order chi connectivity index (χ0) is 11.9. The quantitative estimate of drug-likeness (QED) is 0.688. The molecule has 2 N–H and O–H groups in total. The Morgan fingerprint density at radius 2 is 2.41 bits per heavy atom. The molecular weight excluding hydrogens is 238 g/mol. The van der Waals surface area contributed by atoms with E-state index >= 15 is 0 Å². The highest BCUT2D eigenvalue weighted by Gasteiger charge is 2.01. The number of aliphatic hydroxyl groups excluding tert-OH is 1. The Morgan fingerprint density at radius 1 is 1.47 bits per heavy atom. The van der Waals surface area contributed by atoms with Gasteiger partial charge in [-0.2, -0.15) is 0 Å². The SMILES string of the molecule is OCCOCCCNCc1cn2ccsc2n1. The topological polar surface area (TPSA) is 58.8 Å². The number of nitrogens with one attached hydrogen (secondary N) is 1. The van der Waals surface area contributed by atoms with Crippen LogP contribution in [0.5, 0.6) is 0 Å².